The Hall–Kier alpha value is -2.34. The molecule has 1 heterocycles. The molecule has 1 unspecified atom stereocenters. The number of nitrogens with one attached hydrogen (secondary N) is 1. The highest BCUT2D eigenvalue weighted by Gasteiger charge is 2.30. The summed E-state index contributed by atoms with van der Waals surface area (Å²) in [6.07, 6.45) is 2.91. The highest BCUT2D eigenvalue weighted by atomic mass is 32.2. The number of rotatable bonds is 6. The lowest BCUT2D eigenvalue weighted by atomic mass is 9.96. The number of thioether (sulfide) groups is 1. The van der Waals surface area contributed by atoms with E-state index in [0.29, 0.717) is 32.5 Å². The van der Waals surface area contributed by atoms with Gasteiger partial charge in [0.05, 0.1) is 5.92 Å². The summed E-state index contributed by atoms with van der Waals surface area (Å²) in [4.78, 5) is 27.6. The smallest absolute Gasteiger partial charge is 0.225 e. The van der Waals surface area contributed by atoms with Crippen molar-refractivity contribution in [3.05, 3.63) is 65.5 Å². The standard InChI is InChI=1S/C21H23FN2O2S/c1-27-19-7-3-4-15(11-19)12-23-21(26)17-8-9-20(25)24(14-17)13-16-5-2-6-18(22)10-16/h2-7,10-11,17H,8-9,12-14H2,1H3,(H,23,26). The van der Waals surface area contributed by atoms with E-state index in [1.54, 1.807) is 28.8 Å². The van der Waals surface area contributed by atoms with Gasteiger partial charge in [-0.2, -0.15) is 0 Å². The third-order valence-corrected chi connectivity index (χ3v) is 5.46. The molecule has 2 aromatic rings. The van der Waals surface area contributed by atoms with Gasteiger partial charge in [-0.25, -0.2) is 4.39 Å². The van der Waals surface area contributed by atoms with Crippen molar-refractivity contribution in [2.45, 2.75) is 30.8 Å². The highest BCUT2D eigenvalue weighted by Crippen LogP contribution is 2.21. The van der Waals surface area contributed by atoms with Crippen LogP contribution in [0, 0.1) is 11.7 Å². The van der Waals surface area contributed by atoms with Gasteiger partial charge in [-0.05, 0) is 48.1 Å². The van der Waals surface area contributed by atoms with E-state index in [4.69, 9.17) is 0 Å². The van der Waals surface area contributed by atoms with Crippen LogP contribution in [0.1, 0.15) is 24.0 Å². The van der Waals surface area contributed by atoms with Crippen LogP contribution in [0.4, 0.5) is 4.39 Å². The van der Waals surface area contributed by atoms with Crippen molar-refractivity contribution in [1.29, 1.82) is 0 Å². The molecule has 6 heteroatoms. The van der Waals surface area contributed by atoms with Crippen molar-refractivity contribution in [3.8, 4) is 0 Å². The lowest BCUT2D eigenvalue weighted by molar-refractivity contribution is -0.139. The van der Waals surface area contributed by atoms with Gasteiger partial charge < -0.3 is 10.2 Å². The van der Waals surface area contributed by atoms with E-state index >= 15 is 0 Å². The first-order chi connectivity index (χ1) is 13.0. The minimum Gasteiger partial charge on any atom is -0.352 e. The zero-order valence-corrected chi connectivity index (χ0v) is 16.1. The Morgan fingerprint density at radius 1 is 1.22 bits per heavy atom. The molecule has 1 atom stereocenters. The number of hydrogen-bond donors (Lipinski definition) is 1. The summed E-state index contributed by atoms with van der Waals surface area (Å²) >= 11 is 1.66. The van der Waals surface area contributed by atoms with Crippen LogP contribution in [0.25, 0.3) is 0 Å². The van der Waals surface area contributed by atoms with Crippen molar-refractivity contribution >= 4 is 23.6 Å². The van der Waals surface area contributed by atoms with E-state index in [9.17, 15) is 14.0 Å². The van der Waals surface area contributed by atoms with Gasteiger partial charge in [-0.3, -0.25) is 9.59 Å². The van der Waals surface area contributed by atoms with E-state index in [1.165, 1.54) is 12.1 Å². The third-order valence-electron chi connectivity index (χ3n) is 4.73. The fourth-order valence-corrected chi connectivity index (χ4v) is 3.74. The largest absolute Gasteiger partial charge is 0.352 e. The van der Waals surface area contributed by atoms with Crippen LogP contribution >= 0.6 is 11.8 Å². The quantitative estimate of drug-likeness (QED) is 0.772. The van der Waals surface area contributed by atoms with Gasteiger partial charge in [-0.15, -0.1) is 11.8 Å². The molecule has 0 saturated carbocycles. The van der Waals surface area contributed by atoms with Crippen LogP contribution in [0.3, 0.4) is 0 Å². The van der Waals surface area contributed by atoms with Gasteiger partial charge in [-0.1, -0.05) is 24.3 Å². The van der Waals surface area contributed by atoms with Crippen LogP contribution in [0.5, 0.6) is 0 Å². The number of amides is 2. The van der Waals surface area contributed by atoms with Gasteiger partial charge in [0.2, 0.25) is 11.8 Å². The van der Waals surface area contributed by atoms with Crippen molar-refractivity contribution in [1.82, 2.24) is 10.2 Å². The Labute approximate surface area is 163 Å². The predicted molar refractivity (Wildman–Crippen MR) is 105 cm³/mol. The minimum atomic E-state index is -0.321. The maximum absolute atomic E-state index is 13.4. The second-order valence-corrected chi connectivity index (χ2v) is 7.59. The molecule has 0 spiro atoms. The van der Waals surface area contributed by atoms with Gasteiger partial charge in [0.15, 0.2) is 0 Å². The molecule has 4 nitrogen and oxygen atoms in total. The zero-order chi connectivity index (χ0) is 19.2. The van der Waals surface area contributed by atoms with Crippen molar-refractivity contribution in [2.75, 3.05) is 12.8 Å². The van der Waals surface area contributed by atoms with E-state index in [2.05, 4.69) is 11.4 Å². The Bertz CT molecular complexity index is 827. The molecule has 142 valence electrons. The van der Waals surface area contributed by atoms with Crippen molar-refractivity contribution in [3.63, 3.8) is 0 Å². The molecule has 2 amide bonds. The molecule has 2 aromatic carbocycles. The summed E-state index contributed by atoms with van der Waals surface area (Å²) in [6.45, 7) is 1.17. The molecule has 0 radical (unpaired) electrons. The molecule has 1 N–H and O–H groups in total. The van der Waals surface area contributed by atoms with Gasteiger partial charge in [0.25, 0.3) is 0 Å². The number of benzene rings is 2. The van der Waals surface area contributed by atoms with Crippen molar-refractivity contribution in [2.24, 2.45) is 5.92 Å². The van der Waals surface area contributed by atoms with Gasteiger partial charge in [0.1, 0.15) is 5.82 Å². The topological polar surface area (TPSA) is 49.4 Å². The van der Waals surface area contributed by atoms with E-state index < -0.39 is 0 Å². The molecular weight excluding hydrogens is 363 g/mol. The van der Waals surface area contributed by atoms with Crippen LogP contribution in [-0.2, 0) is 22.7 Å². The van der Waals surface area contributed by atoms with Gasteiger partial charge >= 0.3 is 0 Å². The molecule has 1 fully saturated rings. The summed E-state index contributed by atoms with van der Waals surface area (Å²) < 4.78 is 13.4. The summed E-state index contributed by atoms with van der Waals surface area (Å²) in [7, 11) is 0. The second-order valence-electron chi connectivity index (χ2n) is 6.71. The second kappa shape index (κ2) is 9.04. The Morgan fingerprint density at radius 3 is 2.78 bits per heavy atom. The fraction of sp³-hybridized carbons (Fsp3) is 0.333. The predicted octanol–water partition coefficient (Wildman–Crippen LogP) is 3.60. The maximum Gasteiger partial charge on any atom is 0.225 e. The monoisotopic (exact) mass is 386 g/mol. The van der Waals surface area contributed by atoms with Gasteiger partial charge in [0, 0.05) is 31.0 Å². The van der Waals surface area contributed by atoms with Crippen LogP contribution in [0.15, 0.2) is 53.4 Å². The van der Waals surface area contributed by atoms with Crippen molar-refractivity contribution < 1.29 is 14.0 Å². The summed E-state index contributed by atoms with van der Waals surface area (Å²) in [5.41, 5.74) is 1.79. The van der Waals surface area contributed by atoms with E-state index in [1.807, 2.05) is 24.5 Å². The van der Waals surface area contributed by atoms with Crippen LogP contribution in [0.2, 0.25) is 0 Å². The first-order valence-corrected chi connectivity index (χ1v) is 10.2. The number of hydrogen-bond acceptors (Lipinski definition) is 3. The number of halogens is 1. The molecule has 1 aliphatic rings. The Balaban J connectivity index is 1.57. The lowest BCUT2D eigenvalue weighted by Gasteiger charge is -2.32. The number of piperidine rings is 1. The number of likely N-dealkylation sites (tertiary alicyclic amines) is 1. The molecule has 0 bridgehead atoms. The molecule has 1 aliphatic heterocycles. The first kappa shape index (κ1) is 19.4. The zero-order valence-electron chi connectivity index (χ0n) is 15.3. The molecule has 0 aromatic heterocycles. The summed E-state index contributed by atoms with van der Waals surface area (Å²) in [6, 6.07) is 14.3. The summed E-state index contributed by atoms with van der Waals surface area (Å²) in [5.74, 6) is -0.587. The number of carbonyl (C=O) groups is 2. The Morgan fingerprint density at radius 2 is 2.00 bits per heavy atom. The average molecular weight is 386 g/mol. The molecule has 1 saturated heterocycles. The minimum absolute atomic E-state index is 0.0102. The highest BCUT2D eigenvalue weighted by molar-refractivity contribution is 7.98. The molecule has 27 heavy (non-hydrogen) atoms. The average Bonchev–Trinajstić information content (AvgIpc) is 2.68. The summed E-state index contributed by atoms with van der Waals surface area (Å²) in [5, 5.41) is 2.98. The fourth-order valence-electron chi connectivity index (χ4n) is 3.25. The number of carbonyl (C=O) groups excluding carboxylic acids is 2. The SMILES string of the molecule is CSc1cccc(CNC(=O)C2CCC(=O)N(Cc3cccc(F)c3)C2)c1. The van der Waals surface area contributed by atoms with Crippen LogP contribution < -0.4 is 5.32 Å². The van der Waals surface area contributed by atoms with E-state index in [0.717, 1.165) is 16.0 Å². The van der Waals surface area contributed by atoms with E-state index in [-0.39, 0.29) is 23.5 Å². The number of nitrogens with zero attached hydrogens (tertiary/aromatic N) is 1. The van der Waals surface area contributed by atoms with Crippen LogP contribution in [-0.4, -0.2) is 29.5 Å². The third kappa shape index (κ3) is 5.32. The molecular formula is C21H23FN2O2S. The molecule has 3 rings (SSSR count). The first-order valence-electron chi connectivity index (χ1n) is 8.98. The maximum atomic E-state index is 13.4. The normalized spacial score (nSPS) is 17.0. The lowest BCUT2D eigenvalue weighted by Crippen LogP contribution is -2.45. The molecule has 0 aliphatic carbocycles. The Kier molecular flexibility index (Phi) is 6.50.